The van der Waals surface area contributed by atoms with Crippen LogP contribution in [0.15, 0.2) is 72.4 Å². The van der Waals surface area contributed by atoms with Crippen molar-refractivity contribution < 1.29 is 18.7 Å². The van der Waals surface area contributed by atoms with Gasteiger partial charge in [0.15, 0.2) is 0 Å². The van der Waals surface area contributed by atoms with E-state index in [9.17, 15) is 14.0 Å². The zero-order valence-electron chi connectivity index (χ0n) is 20.9. The standard InChI is InChI=1S/C29H27FN4O3S/c1-2-27(35)34-13-11-20-7-10-23(14-24(20)28(34)21-5-8-22(30)9-6-21)37-17-26-33-25(18-38-26)29(36)32-16-19-4-3-12-31-15-19/h3-10,12,14-15,18,28H,2,11,13,16-17H2,1H3,(H,32,36). The molecule has 7 nitrogen and oxygen atoms in total. The van der Waals surface area contributed by atoms with Gasteiger partial charge in [0.1, 0.15) is 28.9 Å². The molecule has 0 fully saturated rings. The lowest BCUT2D eigenvalue weighted by Crippen LogP contribution is -2.40. The van der Waals surface area contributed by atoms with E-state index in [4.69, 9.17) is 4.74 Å². The van der Waals surface area contributed by atoms with E-state index in [1.165, 1.54) is 23.5 Å². The fourth-order valence-corrected chi connectivity index (χ4v) is 5.25. The summed E-state index contributed by atoms with van der Waals surface area (Å²) in [6, 6.07) is 15.6. The Balaban J connectivity index is 1.29. The number of nitrogens with one attached hydrogen (secondary N) is 1. The van der Waals surface area contributed by atoms with E-state index in [0.29, 0.717) is 36.0 Å². The average Bonchev–Trinajstić information content (AvgIpc) is 3.44. The van der Waals surface area contributed by atoms with Crippen molar-refractivity contribution in [2.45, 2.75) is 39.0 Å². The molecule has 0 aliphatic carbocycles. The Morgan fingerprint density at radius 3 is 2.79 bits per heavy atom. The number of carbonyl (C=O) groups is 2. The van der Waals surface area contributed by atoms with Crippen molar-refractivity contribution in [2.24, 2.45) is 0 Å². The van der Waals surface area contributed by atoms with Gasteiger partial charge >= 0.3 is 0 Å². The van der Waals surface area contributed by atoms with Gasteiger partial charge in [0.05, 0.1) is 6.04 Å². The smallest absolute Gasteiger partial charge is 0.271 e. The van der Waals surface area contributed by atoms with Crippen molar-refractivity contribution in [3.63, 3.8) is 0 Å². The molecule has 3 heterocycles. The fraction of sp³-hybridized carbons (Fsp3) is 0.241. The van der Waals surface area contributed by atoms with Crippen LogP contribution in [0, 0.1) is 5.82 Å². The summed E-state index contributed by atoms with van der Waals surface area (Å²) in [4.78, 5) is 35.6. The quantitative estimate of drug-likeness (QED) is 0.344. The summed E-state index contributed by atoms with van der Waals surface area (Å²) in [6.45, 7) is 3.03. The molecule has 2 aromatic carbocycles. The first-order chi connectivity index (χ1) is 18.5. The van der Waals surface area contributed by atoms with Gasteiger partial charge in [-0.15, -0.1) is 11.3 Å². The number of halogens is 1. The highest BCUT2D eigenvalue weighted by molar-refractivity contribution is 7.09. The molecule has 4 aromatic rings. The Kier molecular flexibility index (Phi) is 7.74. The van der Waals surface area contributed by atoms with Crippen LogP contribution in [0.3, 0.4) is 0 Å². The second-order valence-corrected chi connectivity index (χ2v) is 9.91. The highest BCUT2D eigenvalue weighted by atomic mass is 32.1. The van der Waals surface area contributed by atoms with Crippen LogP contribution in [-0.2, 0) is 24.4 Å². The van der Waals surface area contributed by atoms with Crippen LogP contribution in [0.5, 0.6) is 5.75 Å². The van der Waals surface area contributed by atoms with Crippen molar-refractivity contribution in [1.29, 1.82) is 0 Å². The van der Waals surface area contributed by atoms with Crippen LogP contribution in [0.25, 0.3) is 0 Å². The number of fused-ring (bicyclic) bond motifs is 1. The molecular weight excluding hydrogens is 503 g/mol. The third-order valence-corrected chi connectivity index (χ3v) is 7.30. The molecule has 0 saturated heterocycles. The molecule has 194 valence electrons. The zero-order chi connectivity index (χ0) is 26.5. The minimum absolute atomic E-state index is 0.0495. The molecule has 0 bridgehead atoms. The van der Waals surface area contributed by atoms with Crippen molar-refractivity contribution in [2.75, 3.05) is 6.54 Å². The van der Waals surface area contributed by atoms with Crippen molar-refractivity contribution in [3.05, 3.63) is 111 Å². The average molecular weight is 531 g/mol. The van der Waals surface area contributed by atoms with E-state index < -0.39 is 0 Å². The molecule has 0 saturated carbocycles. The van der Waals surface area contributed by atoms with Crippen LogP contribution in [0.1, 0.15) is 57.1 Å². The van der Waals surface area contributed by atoms with E-state index in [0.717, 1.165) is 28.7 Å². The number of rotatable bonds is 8. The van der Waals surface area contributed by atoms with Crippen molar-refractivity contribution in [3.8, 4) is 5.75 Å². The van der Waals surface area contributed by atoms with Crippen LogP contribution < -0.4 is 10.1 Å². The monoisotopic (exact) mass is 530 g/mol. The van der Waals surface area contributed by atoms with Gasteiger partial charge in [0, 0.05) is 37.3 Å². The van der Waals surface area contributed by atoms with Gasteiger partial charge in [-0.1, -0.05) is 31.2 Å². The normalized spacial score (nSPS) is 14.6. The second kappa shape index (κ2) is 11.5. The lowest BCUT2D eigenvalue weighted by molar-refractivity contribution is -0.132. The molecule has 0 radical (unpaired) electrons. The summed E-state index contributed by atoms with van der Waals surface area (Å²) in [6.07, 6.45) is 4.52. The topological polar surface area (TPSA) is 84.4 Å². The van der Waals surface area contributed by atoms with Crippen molar-refractivity contribution in [1.82, 2.24) is 20.2 Å². The Labute approximate surface area is 224 Å². The Morgan fingerprint density at radius 1 is 1.18 bits per heavy atom. The Hall–Kier alpha value is -4.11. The number of ether oxygens (including phenoxy) is 1. The van der Waals surface area contributed by atoms with Gasteiger partial charge in [-0.05, 0) is 59.0 Å². The summed E-state index contributed by atoms with van der Waals surface area (Å²) in [7, 11) is 0. The number of hydrogen-bond acceptors (Lipinski definition) is 6. The van der Waals surface area contributed by atoms with Gasteiger partial charge in [-0.2, -0.15) is 0 Å². The van der Waals surface area contributed by atoms with Crippen LogP contribution in [-0.4, -0.2) is 33.2 Å². The zero-order valence-corrected chi connectivity index (χ0v) is 21.7. The van der Waals surface area contributed by atoms with Gasteiger partial charge < -0.3 is 15.0 Å². The highest BCUT2D eigenvalue weighted by Crippen LogP contribution is 2.37. The van der Waals surface area contributed by atoms with Crippen LogP contribution in [0.2, 0.25) is 0 Å². The number of benzene rings is 2. The summed E-state index contributed by atoms with van der Waals surface area (Å²) in [5, 5.41) is 5.23. The summed E-state index contributed by atoms with van der Waals surface area (Å²) >= 11 is 1.36. The predicted molar refractivity (Wildman–Crippen MR) is 142 cm³/mol. The second-order valence-electron chi connectivity index (χ2n) is 8.96. The maximum Gasteiger partial charge on any atom is 0.271 e. The SMILES string of the molecule is CCC(=O)N1CCc2ccc(OCc3nc(C(=O)NCc4cccnc4)cs3)cc2C1c1ccc(F)cc1. The van der Waals surface area contributed by atoms with Gasteiger partial charge in [0.25, 0.3) is 5.91 Å². The minimum atomic E-state index is -0.316. The molecule has 38 heavy (non-hydrogen) atoms. The Morgan fingerprint density at radius 2 is 2.03 bits per heavy atom. The van der Waals surface area contributed by atoms with Gasteiger partial charge in [-0.3, -0.25) is 14.6 Å². The molecule has 2 aromatic heterocycles. The molecule has 1 unspecified atom stereocenters. The molecule has 1 aliphatic rings. The summed E-state index contributed by atoms with van der Waals surface area (Å²) in [5.74, 6) is 0.115. The van der Waals surface area contributed by atoms with Crippen LogP contribution in [0.4, 0.5) is 4.39 Å². The number of nitrogens with zero attached hydrogens (tertiary/aromatic N) is 3. The molecule has 1 atom stereocenters. The maximum absolute atomic E-state index is 13.6. The molecule has 9 heteroatoms. The number of amides is 2. The first-order valence-corrected chi connectivity index (χ1v) is 13.3. The molecular formula is C29H27FN4O3S. The third kappa shape index (κ3) is 5.73. The van der Waals surface area contributed by atoms with Crippen molar-refractivity contribution >= 4 is 23.2 Å². The van der Waals surface area contributed by atoms with E-state index in [-0.39, 0.29) is 30.3 Å². The first kappa shape index (κ1) is 25.5. The van der Waals surface area contributed by atoms with E-state index in [2.05, 4.69) is 15.3 Å². The fourth-order valence-electron chi connectivity index (χ4n) is 4.56. The lowest BCUT2D eigenvalue weighted by Gasteiger charge is -2.38. The molecule has 5 rings (SSSR count). The molecule has 1 aliphatic heterocycles. The van der Waals surface area contributed by atoms with Gasteiger partial charge in [0.2, 0.25) is 5.91 Å². The first-order valence-electron chi connectivity index (χ1n) is 12.4. The number of aromatic nitrogens is 2. The molecule has 1 N–H and O–H groups in total. The van der Waals surface area contributed by atoms with Crippen LogP contribution >= 0.6 is 11.3 Å². The third-order valence-electron chi connectivity index (χ3n) is 6.48. The Bertz CT molecular complexity index is 1430. The van der Waals surface area contributed by atoms with E-state index in [1.807, 2.05) is 42.2 Å². The minimum Gasteiger partial charge on any atom is -0.486 e. The summed E-state index contributed by atoms with van der Waals surface area (Å²) < 4.78 is 19.7. The van der Waals surface area contributed by atoms with Gasteiger partial charge in [-0.25, -0.2) is 9.37 Å². The number of carbonyl (C=O) groups excluding carboxylic acids is 2. The predicted octanol–water partition coefficient (Wildman–Crippen LogP) is 5.07. The molecule has 2 amide bonds. The number of pyridine rings is 1. The lowest BCUT2D eigenvalue weighted by atomic mass is 9.87. The maximum atomic E-state index is 13.6. The van der Waals surface area contributed by atoms with E-state index in [1.54, 1.807) is 29.9 Å². The van der Waals surface area contributed by atoms with E-state index >= 15 is 0 Å². The molecule has 0 spiro atoms. The highest BCUT2D eigenvalue weighted by Gasteiger charge is 2.31. The largest absolute Gasteiger partial charge is 0.486 e. The summed E-state index contributed by atoms with van der Waals surface area (Å²) in [5.41, 5.74) is 4.21. The number of thiazole rings is 1. The number of hydrogen-bond donors (Lipinski definition) is 1.